The third kappa shape index (κ3) is 3.55. The number of nitrogens with one attached hydrogen (secondary N) is 1. The lowest BCUT2D eigenvalue weighted by Crippen LogP contribution is -2.32. The zero-order valence-electron chi connectivity index (χ0n) is 15.1. The van der Waals surface area contributed by atoms with Crippen LogP contribution in [0.15, 0.2) is 53.6 Å². The predicted molar refractivity (Wildman–Crippen MR) is 101 cm³/mol. The quantitative estimate of drug-likeness (QED) is 0.707. The molecule has 8 heteroatoms. The van der Waals surface area contributed by atoms with E-state index in [1.165, 1.54) is 10.7 Å². The Morgan fingerprint density at radius 2 is 2.14 bits per heavy atom. The van der Waals surface area contributed by atoms with Gasteiger partial charge >= 0.3 is 5.69 Å². The summed E-state index contributed by atoms with van der Waals surface area (Å²) in [4.78, 5) is 29.1. The van der Waals surface area contributed by atoms with Crippen molar-refractivity contribution < 1.29 is 4.79 Å². The fraction of sp³-hybridized carbons (Fsp3) is 0.250. The number of nitrogens with zero attached hydrogens (tertiary/aromatic N) is 5. The molecule has 1 aromatic carbocycles. The molecule has 1 aliphatic carbocycles. The van der Waals surface area contributed by atoms with Crippen molar-refractivity contribution in [1.82, 2.24) is 24.6 Å². The highest BCUT2D eigenvalue weighted by molar-refractivity contribution is 5.94. The molecule has 0 spiro atoms. The number of aromatic nitrogens is 4. The maximum absolute atomic E-state index is 12.8. The second kappa shape index (κ2) is 7.48. The molecule has 28 heavy (non-hydrogen) atoms. The molecule has 1 amide bonds. The molecule has 2 aromatic heterocycles. The van der Waals surface area contributed by atoms with Gasteiger partial charge in [0.25, 0.3) is 5.91 Å². The molecule has 1 aliphatic rings. The van der Waals surface area contributed by atoms with Crippen molar-refractivity contribution in [2.45, 2.75) is 25.4 Å². The Bertz CT molecular complexity index is 1110. The highest BCUT2D eigenvalue weighted by Gasteiger charge is 2.30. The summed E-state index contributed by atoms with van der Waals surface area (Å²) in [6.07, 6.45) is 5.29. The molecule has 4 rings (SSSR count). The third-order valence-corrected chi connectivity index (χ3v) is 4.57. The molecule has 1 fully saturated rings. The van der Waals surface area contributed by atoms with E-state index in [-0.39, 0.29) is 30.7 Å². The first-order valence-electron chi connectivity index (χ1n) is 9.05. The number of rotatable bonds is 6. The van der Waals surface area contributed by atoms with Crippen molar-refractivity contribution >= 4 is 5.91 Å². The average molecular weight is 374 g/mol. The summed E-state index contributed by atoms with van der Waals surface area (Å²) in [6.45, 7) is 0.513. The van der Waals surface area contributed by atoms with E-state index in [1.807, 2.05) is 18.2 Å². The second-order valence-corrected chi connectivity index (χ2v) is 6.62. The van der Waals surface area contributed by atoms with Crippen LogP contribution in [0.3, 0.4) is 0 Å². The number of hydrogen-bond acceptors (Lipinski definition) is 5. The summed E-state index contributed by atoms with van der Waals surface area (Å²) in [7, 11) is 0. The van der Waals surface area contributed by atoms with E-state index in [0.29, 0.717) is 17.0 Å². The Hall–Kier alpha value is -3.73. The first kappa shape index (κ1) is 17.7. The van der Waals surface area contributed by atoms with Gasteiger partial charge in [0.2, 0.25) is 0 Å². The SMILES string of the molecule is N#Cc1cccc(C(=O)NCCn2nc(-c3cccnc3)n(C3CC3)c2=O)c1. The second-order valence-electron chi connectivity index (χ2n) is 6.62. The van der Waals surface area contributed by atoms with Crippen LogP contribution in [-0.2, 0) is 6.54 Å². The summed E-state index contributed by atoms with van der Waals surface area (Å²) in [5.41, 5.74) is 1.45. The lowest BCUT2D eigenvalue weighted by Gasteiger charge is -2.05. The van der Waals surface area contributed by atoms with Crippen molar-refractivity contribution in [1.29, 1.82) is 5.26 Å². The highest BCUT2D eigenvalue weighted by atomic mass is 16.2. The van der Waals surface area contributed by atoms with Crippen LogP contribution in [0.4, 0.5) is 0 Å². The summed E-state index contributed by atoms with van der Waals surface area (Å²) in [5.74, 6) is 0.313. The Kier molecular flexibility index (Phi) is 4.72. The minimum absolute atomic E-state index is 0.179. The molecule has 0 radical (unpaired) electrons. The number of hydrogen-bond donors (Lipinski definition) is 1. The number of nitriles is 1. The average Bonchev–Trinajstić information content (AvgIpc) is 3.52. The molecule has 8 nitrogen and oxygen atoms in total. The summed E-state index contributed by atoms with van der Waals surface area (Å²) < 4.78 is 3.10. The van der Waals surface area contributed by atoms with Gasteiger partial charge in [-0.25, -0.2) is 9.48 Å². The van der Waals surface area contributed by atoms with Crippen molar-refractivity contribution in [2.75, 3.05) is 6.54 Å². The standard InChI is InChI=1S/C20H18N6O2/c21-12-14-3-1-4-15(11-14)19(27)23-9-10-25-20(28)26(17-6-7-17)18(24-25)16-5-2-8-22-13-16/h1-5,8,11,13,17H,6-7,9-10H2,(H,23,27). The molecule has 0 saturated heterocycles. The number of carbonyl (C=O) groups excluding carboxylic acids is 1. The molecule has 1 saturated carbocycles. The van der Waals surface area contributed by atoms with E-state index < -0.39 is 0 Å². The number of benzene rings is 1. The maximum atomic E-state index is 12.8. The first-order valence-corrected chi connectivity index (χ1v) is 9.05. The maximum Gasteiger partial charge on any atom is 0.346 e. The van der Waals surface area contributed by atoms with Crippen LogP contribution in [0, 0.1) is 11.3 Å². The van der Waals surface area contributed by atoms with Crippen molar-refractivity contribution in [3.63, 3.8) is 0 Å². The first-order chi connectivity index (χ1) is 13.7. The smallest absolute Gasteiger partial charge is 0.346 e. The largest absolute Gasteiger partial charge is 0.350 e. The van der Waals surface area contributed by atoms with E-state index in [0.717, 1.165) is 18.4 Å². The monoisotopic (exact) mass is 374 g/mol. The van der Waals surface area contributed by atoms with Crippen LogP contribution in [0.2, 0.25) is 0 Å². The van der Waals surface area contributed by atoms with Crippen LogP contribution >= 0.6 is 0 Å². The van der Waals surface area contributed by atoms with Gasteiger partial charge in [-0.2, -0.15) is 5.26 Å². The summed E-state index contributed by atoms with van der Waals surface area (Å²) in [5, 5.41) is 16.2. The van der Waals surface area contributed by atoms with E-state index in [1.54, 1.807) is 35.2 Å². The minimum Gasteiger partial charge on any atom is -0.350 e. The van der Waals surface area contributed by atoms with E-state index in [4.69, 9.17) is 5.26 Å². The molecule has 0 unspecified atom stereocenters. The lowest BCUT2D eigenvalue weighted by molar-refractivity contribution is 0.0951. The highest BCUT2D eigenvalue weighted by Crippen LogP contribution is 2.36. The molecule has 1 N–H and O–H groups in total. The summed E-state index contributed by atoms with van der Waals surface area (Å²) >= 11 is 0. The number of pyridine rings is 1. The van der Waals surface area contributed by atoms with Crippen LogP contribution < -0.4 is 11.0 Å². The van der Waals surface area contributed by atoms with Crippen molar-refractivity contribution in [2.24, 2.45) is 0 Å². The van der Waals surface area contributed by atoms with Crippen molar-refractivity contribution in [3.05, 3.63) is 70.4 Å². The van der Waals surface area contributed by atoms with Crippen molar-refractivity contribution in [3.8, 4) is 17.5 Å². The van der Waals surface area contributed by atoms with Gasteiger partial charge < -0.3 is 5.32 Å². The van der Waals surface area contributed by atoms with Gasteiger partial charge in [-0.3, -0.25) is 14.3 Å². The van der Waals surface area contributed by atoms with Crippen LogP contribution in [0.25, 0.3) is 11.4 Å². The number of carbonyl (C=O) groups is 1. The molecule has 140 valence electrons. The predicted octanol–water partition coefficient (Wildman–Crippen LogP) is 1.74. The zero-order valence-corrected chi connectivity index (χ0v) is 15.1. The molecule has 2 heterocycles. The van der Waals surface area contributed by atoms with Gasteiger partial charge in [-0.05, 0) is 43.2 Å². The fourth-order valence-corrected chi connectivity index (χ4v) is 3.03. The Labute approximate surface area is 161 Å². The van der Waals surface area contributed by atoms with Crippen LogP contribution in [0.5, 0.6) is 0 Å². The Morgan fingerprint density at radius 1 is 1.29 bits per heavy atom. The van der Waals surface area contributed by atoms with E-state index in [2.05, 4.69) is 15.4 Å². The lowest BCUT2D eigenvalue weighted by atomic mass is 10.1. The van der Waals surface area contributed by atoms with Gasteiger partial charge in [-0.1, -0.05) is 6.07 Å². The zero-order chi connectivity index (χ0) is 19.5. The molecule has 0 aliphatic heterocycles. The molecular weight excluding hydrogens is 356 g/mol. The number of amides is 1. The van der Waals surface area contributed by atoms with Crippen LogP contribution in [-0.4, -0.2) is 31.8 Å². The van der Waals surface area contributed by atoms with E-state index >= 15 is 0 Å². The van der Waals surface area contributed by atoms with Gasteiger partial charge in [-0.15, -0.1) is 5.10 Å². The minimum atomic E-state index is -0.292. The van der Waals surface area contributed by atoms with Gasteiger partial charge in [0.15, 0.2) is 5.82 Å². The van der Waals surface area contributed by atoms with Gasteiger partial charge in [0, 0.05) is 36.1 Å². The molecule has 0 atom stereocenters. The summed E-state index contributed by atoms with van der Waals surface area (Å²) in [6, 6.07) is 12.4. The molecule has 3 aromatic rings. The van der Waals surface area contributed by atoms with E-state index in [9.17, 15) is 9.59 Å². The molecule has 0 bridgehead atoms. The fourth-order valence-electron chi connectivity index (χ4n) is 3.03. The van der Waals surface area contributed by atoms with Crippen LogP contribution in [0.1, 0.15) is 34.8 Å². The van der Waals surface area contributed by atoms with Gasteiger partial charge in [0.1, 0.15) is 0 Å². The molecular formula is C20H18N6O2. The third-order valence-electron chi connectivity index (χ3n) is 4.57. The normalized spacial score (nSPS) is 13.1. The Morgan fingerprint density at radius 3 is 2.86 bits per heavy atom. The Balaban J connectivity index is 1.49. The van der Waals surface area contributed by atoms with Gasteiger partial charge in [0.05, 0.1) is 18.2 Å². The topological polar surface area (TPSA) is 106 Å².